The first-order valence-electron chi connectivity index (χ1n) is 6.78. The predicted octanol–water partition coefficient (Wildman–Crippen LogP) is 4.43. The Hall–Kier alpha value is -0.350. The monoisotopic (exact) mass is 355 g/mol. The second-order valence-corrected chi connectivity index (χ2v) is 6.75. The van der Waals surface area contributed by atoms with Crippen molar-refractivity contribution in [2.24, 2.45) is 5.92 Å². The smallest absolute Gasteiger partial charge is 0.0193 e. The Labute approximate surface area is 124 Å². The molecule has 0 spiro atoms. The molecule has 2 rings (SSSR count). The van der Waals surface area contributed by atoms with E-state index in [0.29, 0.717) is 0 Å². The van der Waals surface area contributed by atoms with Crippen LogP contribution in [-0.4, -0.2) is 24.5 Å². The van der Waals surface area contributed by atoms with E-state index in [1.807, 2.05) is 0 Å². The maximum atomic E-state index is 2.58. The third-order valence-corrected chi connectivity index (χ3v) is 4.35. The van der Waals surface area contributed by atoms with Gasteiger partial charge in [0.2, 0.25) is 0 Å². The molecule has 0 aromatic heterocycles. The van der Waals surface area contributed by atoms with Gasteiger partial charge in [0.15, 0.2) is 0 Å². The number of hydrogen-bond donors (Lipinski definition) is 0. The summed E-state index contributed by atoms with van der Waals surface area (Å²) in [7, 11) is 0. The lowest BCUT2D eigenvalue weighted by atomic mass is 9.99. The second-order valence-electron chi connectivity index (χ2n) is 5.50. The summed E-state index contributed by atoms with van der Waals surface area (Å²) in [4.78, 5) is 2.58. The Morgan fingerprint density at radius 2 is 1.89 bits per heavy atom. The van der Waals surface area contributed by atoms with Gasteiger partial charge in [0.05, 0.1) is 0 Å². The molecule has 0 saturated carbocycles. The van der Waals surface area contributed by atoms with Gasteiger partial charge in [-0.3, -0.25) is 4.90 Å². The van der Waals surface area contributed by atoms with Crippen LogP contribution >= 0.6 is 22.6 Å². The molecule has 1 aliphatic heterocycles. The first-order valence-corrected chi connectivity index (χ1v) is 7.86. The highest BCUT2D eigenvalue weighted by Gasteiger charge is 2.15. The summed E-state index contributed by atoms with van der Waals surface area (Å²) >= 11 is 2.35. The van der Waals surface area contributed by atoms with Crippen molar-refractivity contribution >= 4 is 28.7 Å². The molecule has 1 nitrogen and oxygen atoms in total. The normalized spacial score (nSPS) is 19.2. The summed E-state index contributed by atoms with van der Waals surface area (Å²) in [6, 6.07) is 8.73. The summed E-state index contributed by atoms with van der Waals surface area (Å²) in [5.74, 6) is 0.918. The van der Waals surface area contributed by atoms with Crippen molar-refractivity contribution in [3.8, 4) is 0 Å². The average molecular weight is 355 g/mol. The van der Waals surface area contributed by atoms with Gasteiger partial charge in [-0.15, -0.1) is 0 Å². The van der Waals surface area contributed by atoms with Gasteiger partial charge in [0, 0.05) is 10.1 Å². The molecule has 0 radical (unpaired) electrons. The zero-order chi connectivity index (χ0) is 13.0. The van der Waals surface area contributed by atoms with Gasteiger partial charge >= 0.3 is 0 Å². The van der Waals surface area contributed by atoms with Gasteiger partial charge in [-0.25, -0.2) is 0 Å². The highest BCUT2D eigenvalue weighted by Crippen LogP contribution is 2.17. The van der Waals surface area contributed by atoms with Crippen LogP contribution in [0.1, 0.15) is 32.3 Å². The molecule has 0 bridgehead atoms. The lowest BCUT2D eigenvalue weighted by Gasteiger charge is -2.30. The first kappa shape index (κ1) is 14.1. The highest BCUT2D eigenvalue weighted by atomic mass is 127. The average Bonchev–Trinajstić information content (AvgIpc) is 2.35. The number of benzene rings is 1. The van der Waals surface area contributed by atoms with E-state index in [-0.39, 0.29) is 0 Å². The van der Waals surface area contributed by atoms with Crippen LogP contribution < -0.4 is 0 Å². The molecule has 0 unspecified atom stereocenters. The van der Waals surface area contributed by atoms with Gasteiger partial charge in [0.25, 0.3) is 0 Å². The molecule has 1 heterocycles. The van der Waals surface area contributed by atoms with Crippen LogP contribution in [0.5, 0.6) is 0 Å². The Kier molecular flexibility index (Phi) is 5.25. The zero-order valence-corrected chi connectivity index (χ0v) is 13.5. The zero-order valence-electron chi connectivity index (χ0n) is 11.3. The molecule has 1 fully saturated rings. The Balaban J connectivity index is 1.91. The first-order chi connectivity index (χ1) is 8.63. The summed E-state index contributed by atoms with van der Waals surface area (Å²) in [5.41, 5.74) is 2.78. The highest BCUT2D eigenvalue weighted by molar-refractivity contribution is 14.1. The van der Waals surface area contributed by atoms with E-state index in [1.165, 1.54) is 40.6 Å². The van der Waals surface area contributed by atoms with Crippen molar-refractivity contribution in [3.63, 3.8) is 0 Å². The molecular weight excluding hydrogens is 333 g/mol. The molecule has 98 valence electrons. The lowest BCUT2D eigenvalue weighted by Crippen LogP contribution is -2.33. The van der Waals surface area contributed by atoms with E-state index in [2.05, 4.69) is 71.7 Å². The molecule has 1 aromatic rings. The van der Waals surface area contributed by atoms with Gasteiger partial charge in [-0.05, 0) is 79.1 Å². The minimum Gasteiger partial charge on any atom is -0.299 e. The van der Waals surface area contributed by atoms with Crippen molar-refractivity contribution in [1.82, 2.24) is 4.90 Å². The minimum atomic E-state index is 0.918. The largest absolute Gasteiger partial charge is 0.299 e. The van der Waals surface area contributed by atoms with Crippen LogP contribution in [0, 0.1) is 9.49 Å². The summed E-state index contributed by atoms with van der Waals surface area (Å²) < 4.78 is 1.30. The fourth-order valence-electron chi connectivity index (χ4n) is 2.46. The van der Waals surface area contributed by atoms with Gasteiger partial charge in [0.1, 0.15) is 0 Å². The van der Waals surface area contributed by atoms with Crippen molar-refractivity contribution in [1.29, 1.82) is 0 Å². The lowest BCUT2D eigenvalue weighted by molar-refractivity contribution is 0.207. The van der Waals surface area contributed by atoms with Crippen LogP contribution in [-0.2, 0) is 0 Å². The molecule has 18 heavy (non-hydrogen) atoms. The van der Waals surface area contributed by atoms with Gasteiger partial charge < -0.3 is 0 Å². The van der Waals surface area contributed by atoms with Crippen molar-refractivity contribution in [2.75, 3.05) is 19.6 Å². The molecule has 1 aliphatic rings. The second kappa shape index (κ2) is 6.71. The molecule has 1 saturated heterocycles. The fraction of sp³-hybridized carbons (Fsp3) is 0.500. The Morgan fingerprint density at radius 3 is 2.50 bits per heavy atom. The quantitative estimate of drug-likeness (QED) is 0.726. The Bertz CT molecular complexity index is 400. The molecule has 0 atom stereocenters. The number of hydrogen-bond acceptors (Lipinski definition) is 1. The van der Waals surface area contributed by atoms with Crippen LogP contribution in [0.15, 0.2) is 29.8 Å². The Morgan fingerprint density at radius 1 is 1.28 bits per heavy atom. The van der Waals surface area contributed by atoms with E-state index in [0.717, 1.165) is 12.5 Å². The maximum Gasteiger partial charge on any atom is 0.0193 e. The number of nitrogens with zero attached hydrogens (tertiary/aromatic N) is 1. The van der Waals surface area contributed by atoms with Gasteiger partial charge in [-0.1, -0.05) is 30.7 Å². The van der Waals surface area contributed by atoms with Crippen LogP contribution in [0.3, 0.4) is 0 Å². The molecular formula is C16H22IN. The standard InChI is InChI=1S/C16H22IN/c1-13-7-9-18(10-8-13)12-14(2)11-15-3-5-16(17)6-4-15/h3-6,11,13H,7-10,12H2,1-2H3. The van der Waals surface area contributed by atoms with Crippen LogP contribution in [0.4, 0.5) is 0 Å². The van der Waals surface area contributed by atoms with E-state index < -0.39 is 0 Å². The number of piperidine rings is 1. The third-order valence-electron chi connectivity index (χ3n) is 3.63. The van der Waals surface area contributed by atoms with Crippen LogP contribution in [0.25, 0.3) is 6.08 Å². The SMILES string of the molecule is CC(=Cc1ccc(I)cc1)CN1CCC(C)CC1. The van der Waals surface area contributed by atoms with Crippen molar-refractivity contribution in [3.05, 3.63) is 39.0 Å². The maximum absolute atomic E-state index is 2.58. The number of rotatable bonds is 3. The molecule has 0 amide bonds. The minimum absolute atomic E-state index is 0.918. The van der Waals surface area contributed by atoms with Crippen molar-refractivity contribution < 1.29 is 0 Å². The predicted molar refractivity (Wildman–Crippen MR) is 87.6 cm³/mol. The van der Waals surface area contributed by atoms with Crippen LogP contribution in [0.2, 0.25) is 0 Å². The topological polar surface area (TPSA) is 3.24 Å². The summed E-state index contributed by atoms with van der Waals surface area (Å²) in [5, 5.41) is 0. The number of likely N-dealkylation sites (tertiary alicyclic amines) is 1. The molecule has 0 N–H and O–H groups in total. The van der Waals surface area contributed by atoms with E-state index in [4.69, 9.17) is 0 Å². The van der Waals surface area contributed by atoms with Crippen molar-refractivity contribution in [2.45, 2.75) is 26.7 Å². The van der Waals surface area contributed by atoms with Gasteiger partial charge in [-0.2, -0.15) is 0 Å². The number of halogens is 1. The fourth-order valence-corrected chi connectivity index (χ4v) is 2.82. The molecule has 1 aromatic carbocycles. The molecule has 2 heteroatoms. The van der Waals surface area contributed by atoms with E-state index in [9.17, 15) is 0 Å². The molecule has 0 aliphatic carbocycles. The summed E-state index contributed by atoms with van der Waals surface area (Å²) in [6.07, 6.45) is 5.03. The third kappa shape index (κ3) is 4.39. The summed E-state index contributed by atoms with van der Waals surface area (Å²) in [6.45, 7) is 8.26. The van der Waals surface area contributed by atoms with E-state index in [1.54, 1.807) is 0 Å². The van der Waals surface area contributed by atoms with E-state index >= 15 is 0 Å².